The Balaban J connectivity index is 1.34. The number of aromatic nitrogens is 2. The molecule has 2 saturated heterocycles. The molecule has 3 fully saturated rings. The lowest BCUT2D eigenvalue weighted by Crippen LogP contribution is -2.41. The van der Waals surface area contributed by atoms with E-state index in [1.54, 1.807) is 4.90 Å². The first-order valence-corrected chi connectivity index (χ1v) is 13.7. The van der Waals surface area contributed by atoms with Gasteiger partial charge in [0.05, 0.1) is 25.9 Å². The van der Waals surface area contributed by atoms with Crippen LogP contribution in [0.5, 0.6) is 5.88 Å². The van der Waals surface area contributed by atoms with Gasteiger partial charge in [-0.05, 0) is 49.3 Å². The van der Waals surface area contributed by atoms with E-state index in [2.05, 4.69) is 46.4 Å². The second-order valence-electron chi connectivity index (χ2n) is 10.4. The number of carbonyl (C=O) groups is 1. The van der Waals surface area contributed by atoms with E-state index >= 15 is 0 Å². The first-order chi connectivity index (χ1) is 18.1. The van der Waals surface area contributed by atoms with Gasteiger partial charge in [0.1, 0.15) is 6.10 Å². The second kappa shape index (κ2) is 12.0. The van der Waals surface area contributed by atoms with Gasteiger partial charge in [-0.15, -0.1) is 0 Å². The molecule has 0 spiro atoms. The molecule has 200 valence electrons. The third-order valence-electron chi connectivity index (χ3n) is 7.81. The Bertz CT molecular complexity index is 1030. The lowest BCUT2D eigenvalue weighted by molar-refractivity contribution is 0.0775. The lowest BCUT2D eigenvalue weighted by Gasteiger charge is -2.31. The Morgan fingerprint density at radius 3 is 2.38 bits per heavy atom. The van der Waals surface area contributed by atoms with Crippen LogP contribution in [0.1, 0.15) is 45.4 Å². The molecule has 2 aliphatic heterocycles. The van der Waals surface area contributed by atoms with Gasteiger partial charge in [0.15, 0.2) is 0 Å². The van der Waals surface area contributed by atoms with Crippen LogP contribution in [0.4, 0.5) is 16.4 Å². The Morgan fingerprint density at radius 1 is 1.00 bits per heavy atom. The number of amides is 1. The van der Waals surface area contributed by atoms with Gasteiger partial charge in [-0.2, -0.15) is 4.98 Å². The second-order valence-corrected chi connectivity index (χ2v) is 10.4. The van der Waals surface area contributed by atoms with Gasteiger partial charge in [-0.1, -0.05) is 19.1 Å². The summed E-state index contributed by atoms with van der Waals surface area (Å²) in [5.74, 6) is 2.00. The van der Waals surface area contributed by atoms with Gasteiger partial charge in [0, 0.05) is 56.9 Å². The monoisotopic (exact) mass is 509 g/mol. The molecule has 2 aromatic rings. The van der Waals surface area contributed by atoms with Gasteiger partial charge in [-0.25, -0.2) is 9.78 Å². The van der Waals surface area contributed by atoms with Gasteiger partial charge in [0.2, 0.25) is 11.8 Å². The zero-order chi connectivity index (χ0) is 25.6. The number of piperidine rings is 1. The molecule has 9 heteroatoms. The van der Waals surface area contributed by atoms with Crippen molar-refractivity contribution < 1.29 is 19.0 Å². The minimum Gasteiger partial charge on any atom is -0.474 e. The van der Waals surface area contributed by atoms with Crippen LogP contribution in [0.15, 0.2) is 30.5 Å². The van der Waals surface area contributed by atoms with Crippen molar-refractivity contribution >= 4 is 17.7 Å². The van der Waals surface area contributed by atoms with Crippen molar-refractivity contribution in [1.29, 1.82) is 0 Å². The van der Waals surface area contributed by atoms with E-state index in [9.17, 15) is 4.79 Å². The SMILES string of the molecule is COC(=O)N1CCC(Oc2nc(N[C@H]3CC[C@H](C)CC3)ncc2-c2ccc(N3CCOCC3)cc2)CC1. The molecule has 37 heavy (non-hydrogen) atoms. The average molecular weight is 510 g/mol. The van der Waals surface area contributed by atoms with Crippen molar-refractivity contribution in [3.8, 4) is 17.0 Å². The quantitative estimate of drug-likeness (QED) is 0.605. The summed E-state index contributed by atoms with van der Waals surface area (Å²) in [5, 5.41) is 3.55. The number of rotatable bonds is 6. The number of morpholine rings is 1. The number of likely N-dealkylation sites (tertiary alicyclic amines) is 1. The molecule has 1 amide bonds. The van der Waals surface area contributed by atoms with Crippen LogP contribution in [0, 0.1) is 5.92 Å². The molecule has 1 saturated carbocycles. The van der Waals surface area contributed by atoms with E-state index in [0.29, 0.717) is 31.0 Å². The molecule has 0 unspecified atom stereocenters. The van der Waals surface area contributed by atoms with Gasteiger partial charge in [0.25, 0.3) is 0 Å². The zero-order valence-electron chi connectivity index (χ0n) is 22.0. The van der Waals surface area contributed by atoms with E-state index in [0.717, 1.165) is 69.0 Å². The Kier molecular flexibility index (Phi) is 8.28. The minimum atomic E-state index is -0.283. The first kappa shape index (κ1) is 25.6. The summed E-state index contributed by atoms with van der Waals surface area (Å²) in [6, 6.07) is 8.92. The maximum atomic E-state index is 11.9. The molecule has 9 nitrogen and oxygen atoms in total. The summed E-state index contributed by atoms with van der Waals surface area (Å²) in [6.45, 7) is 6.87. The Hall–Kier alpha value is -3.07. The van der Waals surface area contributed by atoms with Crippen molar-refractivity contribution in [3.63, 3.8) is 0 Å². The van der Waals surface area contributed by atoms with Crippen LogP contribution in [-0.2, 0) is 9.47 Å². The highest BCUT2D eigenvalue weighted by Crippen LogP contribution is 2.33. The number of hydrogen-bond acceptors (Lipinski definition) is 8. The normalized spacial score (nSPS) is 23.0. The van der Waals surface area contributed by atoms with Gasteiger partial charge >= 0.3 is 6.09 Å². The van der Waals surface area contributed by atoms with Crippen LogP contribution < -0.4 is 15.0 Å². The highest BCUT2D eigenvalue weighted by atomic mass is 16.5. The van der Waals surface area contributed by atoms with Crippen LogP contribution in [0.3, 0.4) is 0 Å². The molecule has 0 atom stereocenters. The number of nitrogens with one attached hydrogen (secondary N) is 1. The summed E-state index contributed by atoms with van der Waals surface area (Å²) in [6.07, 6.45) is 7.77. The first-order valence-electron chi connectivity index (χ1n) is 13.7. The van der Waals surface area contributed by atoms with E-state index in [-0.39, 0.29) is 12.2 Å². The van der Waals surface area contributed by atoms with E-state index in [4.69, 9.17) is 19.2 Å². The van der Waals surface area contributed by atoms with Crippen molar-refractivity contribution in [2.75, 3.05) is 56.7 Å². The van der Waals surface area contributed by atoms with E-state index in [1.807, 2.05) is 6.20 Å². The largest absolute Gasteiger partial charge is 0.474 e. The fourth-order valence-electron chi connectivity index (χ4n) is 5.43. The molecule has 0 bridgehead atoms. The maximum absolute atomic E-state index is 11.9. The molecule has 3 heterocycles. The average Bonchev–Trinajstić information content (AvgIpc) is 2.95. The molecule has 1 N–H and O–H groups in total. The van der Waals surface area contributed by atoms with Gasteiger partial charge < -0.3 is 29.3 Å². The molecular weight excluding hydrogens is 470 g/mol. The minimum absolute atomic E-state index is 0.0226. The Labute approximate surface area is 219 Å². The fourth-order valence-corrected chi connectivity index (χ4v) is 5.43. The molecule has 1 aliphatic carbocycles. The van der Waals surface area contributed by atoms with E-state index in [1.165, 1.54) is 25.6 Å². The molecule has 1 aromatic heterocycles. The zero-order valence-corrected chi connectivity index (χ0v) is 22.0. The summed E-state index contributed by atoms with van der Waals surface area (Å²) < 4.78 is 16.9. The molecule has 1 aromatic carbocycles. The third-order valence-corrected chi connectivity index (χ3v) is 7.81. The number of anilines is 2. The number of benzene rings is 1. The highest BCUT2D eigenvalue weighted by Gasteiger charge is 2.26. The molecule has 0 radical (unpaired) electrons. The predicted molar refractivity (Wildman–Crippen MR) is 143 cm³/mol. The fraction of sp³-hybridized carbons (Fsp3) is 0.607. The molecule has 5 rings (SSSR count). The summed E-state index contributed by atoms with van der Waals surface area (Å²) in [7, 11) is 1.42. The number of ether oxygens (including phenoxy) is 3. The molecular formula is C28H39N5O4. The Morgan fingerprint density at radius 2 is 1.70 bits per heavy atom. The number of methoxy groups -OCH3 is 1. The topological polar surface area (TPSA) is 89.0 Å². The predicted octanol–water partition coefficient (Wildman–Crippen LogP) is 4.58. The highest BCUT2D eigenvalue weighted by molar-refractivity contribution is 5.71. The summed E-state index contributed by atoms with van der Waals surface area (Å²) in [5.41, 5.74) is 3.10. The smallest absolute Gasteiger partial charge is 0.409 e. The standard InChI is InChI=1S/C28H39N5O4/c1-20-3-7-22(8-4-20)30-27-29-19-25(21-5-9-23(10-6-21)32-15-17-36-18-16-32)26(31-27)37-24-11-13-33(14-12-24)28(34)35-2/h5-6,9-10,19-20,22,24H,3-4,7-8,11-18H2,1-2H3,(H,29,30,31)/t20-,22-. The van der Waals surface area contributed by atoms with E-state index < -0.39 is 0 Å². The van der Waals surface area contributed by atoms with Gasteiger partial charge in [-0.3, -0.25) is 0 Å². The van der Waals surface area contributed by atoms with Crippen molar-refractivity contribution in [2.24, 2.45) is 5.92 Å². The summed E-state index contributed by atoms with van der Waals surface area (Å²) >= 11 is 0. The molecule has 3 aliphatic rings. The lowest BCUT2D eigenvalue weighted by atomic mass is 9.87. The van der Waals surface area contributed by atoms with Crippen LogP contribution in [-0.4, -0.2) is 79.6 Å². The maximum Gasteiger partial charge on any atom is 0.409 e. The third kappa shape index (κ3) is 6.44. The summed E-state index contributed by atoms with van der Waals surface area (Å²) in [4.78, 5) is 25.5. The number of nitrogens with zero attached hydrogens (tertiary/aromatic N) is 4. The van der Waals surface area contributed by atoms with Crippen LogP contribution in [0.25, 0.3) is 11.1 Å². The van der Waals surface area contributed by atoms with Crippen molar-refractivity contribution in [2.45, 2.75) is 57.6 Å². The number of carbonyl (C=O) groups excluding carboxylic acids is 1. The van der Waals surface area contributed by atoms with Crippen LogP contribution >= 0.6 is 0 Å². The van der Waals surface area contributed by atoms with Crippen LogP contribution in [0.2, 0.25) is 0 Å². The van der Waals surface area contributed by atoms with Crippen molar-refractivity contribution in [3.05, 3.63) is 30.5 Å². The van der Waals surface area contributed by atoms with Crippen molar-refractivity contribution in [1.82, 2.24) is 14.9 Å². The number of hydrogen-bond donors (Lipinski definition) is 1.